The van der Waals surface area contributed by atoms with Gasteiger partial charge in [-0.3, -0.25) is 0 Å². The Kier molecular flexibility index (Phi) is 4.94. The first-order chi connectivity index (χ1) is 6.59. The summed E-state index contributed by atoms with van der Waals surface area (Å²) in [4.78, 5) is 0. The molecule has 1 rings (SSSR count). The number of nitrogens with one attached hydrogen (secondary N) is 1. The SMILES string of the molecule is CC(C)CCC(C)C(C)CNC1CC1. The Morgan fingerprint density at radius 3 is 2.14 bits per heavy atom. The summed E-state index contributed by atoms with van der Waals surface area (Å²) in [5.41, 5.74) is 0. The quantitative estimate of drug-likeness (QED) is 0.659. The summed E-state index contributed by atoms with van der Waals surface area (Å²) in [6, 6.07) is 0.870. The average Bonchev–Trinajstić information content (AvgIpc) is 2.93. The van der Waals surface area contributed by atoms with E-state index in [1.807, 2.05) is 0 Å². The van der Waals surface area contributed by atoms with E-state index in [1.165, 1.54) is 32.2 Å². The maximum absolute atomic E-state index is 3.62. The molecule has 1 heteroatoms. The van der Waals surface area contributed by atoms with Crippen LogP contribution in [0.25, 0.3) is 0 Å². The minimum atomic E-state index is 0.842. The fraction of sp³-hybridized carbons (Fsp3) is 1.00. The predicted molar refractivity (Wildman–Crippen MR) is 63.4 cm³/mol. The Morgan fingerprint density at radius 1 is 1.00 bits per heavy atom. The zero-order valence-electron chi connectivity index (χ0n) is 10.3. The van der Waals surface area contributed by atoms with Gasteiger partial charge in [-0.1, -0.05) is 40.5 Å². The molecule has 1 fully saturated rings. The van der Waals surface area contributed by atoms with Crippen molar-refractivity contribution in [3.8, 4) is 0 Å². The summed E-state index contributed by atoms with van der Waals surface area (Å²) >= 11 is 0. The van der Waals surface area contributed by atoms with Crippen LogP contribution in [0.3, 0.4) is 0 Å². The molecule has 1 nitrogen and oxygen atoms in total. The first-order valence-corrected chi connectivity index (χ1v) is 6.33. The third-order valence-electron chi connectivity index (χ3n) is 3.48. The van der Waals surface area contributed by atoms with Crippen molar-refractivity contribution < 1.29 is 0 Å². The van der Waals surface area contributed by atoms with E-state index in [0.717, 1.165) is 23.8 Å². The minimum absolute atomic E-state index is 0.842. The van der Waals surface area contributed by atoms with Crippen LogP contribution in [-0.4, -0.2) is 12.6 Å². The Hall–Kier alpha value is -0.0400. The molecule has 2 unspecified atom stereocenters. The van der Waals surface area contributed by atoms with Gasteiger partial charge in [-0.05, 0) is 37.1 Å². The molecule has 2 atom stereocenters. The lowest BCUT2D eigenvalue weighted by Crippen LogP contribution is -2.26. The van der Waals surface area contributed by atoms with Gasteiger partial charge in [0.2, 0.25) is 0 Å². The second-order valence-electron chi connectivity index (χ2n) is 5.61. The van der Waals surface area contributed by atoms with E-state index in [0.29, 0.717) is 0 Å². The third kappa shape index (κ3) is 4.99. The highest BCUT2D eigenvalue weighted by molar-refractivity contribution is 4.81. The molecule has 0 amide bonds. The maximum atomic E-state index is 3.62. The van der Waals surface area contributed by atoms with Crippen LogP contribution in [-0.2, 0) is 0 Å². The third-order valence-corrected chi connectivity index (χ3v) is 3.48. The summed E-state index contributed by atoms with van der Waals surface area (Å²) in [6.45, 7) is 10.7. The second kappa shape index (κ2) is 5.75. The highest BCUT2D eigenvalue weighted by atomic mass is 14.9. The van der Waals surface area contributed by atoms with Gasteiger partial charge in [-0.15, -0.1) is 0 Å². The van der Waals surface area contributed by atoms with Crippen LogP contribution in [0.4, 0.5) is 0 Å². The van der Waals surface area contributed by atoms with Crippen LogP contribution in [0.1, 0.15) is 53.4 Å². The van der Waals surface area contributed by atoms with Gasteiger partial charge in [0.25, 0.3) is 0 Å². The van der Waals surface area contributed by atoms with E-state index in [9.17, 15) is 0 Å². The van der Waals surface area contributed by atoms with E-state index in [-0.39, 0.29) is 0 Å². The monoisotopic (exact) mass is 197 g/mol. The fourth-order valence-corrected chi connectivity index (χ4v) is 1.72. The summed E-state index contributed by atoms with van der Waals surface area (Å²) in [5, 5.41) is 3.62. The van der Waals surface area contributed by atoms with Crippen LogP contribution >= 0.6 is 0 Å². The molecule has 0 aliphatic heterocycles. The highest BCUT2D eigenvalue weighted by Crippen LogP contribution is 2.22. The molecule has 0 radical (unpaired) electrons. The van der Waals surface area contributed by atoms with Crippen molar-refractivity contribution in [3.63, 3.8) is 0 Å². The molecule has 1 N–H and O–H groups in total. The Labute approximate surface area is 89.7 Å². The first kappa shape index (κ1) is 12.0. The van der Waals surface area contributed by atoms with Crippen molar-refractivity contribution in [1.82, 2.24) is 5.32 Å². The van der Waals surface area contributed by atoms with Crippen molar-refractivity contribution in [3.05, 3.63) is 0 Å². The van der Waals surface area contributed by atoms with E-state index >= 15 is 0 Å². The molecule has 0 aromatic carbocycles. The van der Waals surface area contributed by atoms with Gasteiger partial charge in [0.15, 0.2) is 0 Å². The summed E-state index contributed by atoms with van der Waals surface area (Å²) in [5.74, 6) is 2.58. The highest BCUT2D eigenvalue weighted by Gasteiger charge is 2.22. The average molecular weight is 197 g/mol. The maximum Gasteiger partial charge on any atom is 0.00683 e. The van der Waals surface area contributed by atoms with Crippen LogP contribution in [0.5, 0.6) is 0 Å². The lowest BCUT2D eigenvalue weighted by molar-refractivity contribution is 0.324. The van der Waals surface area contributed by atoms with Crippen molar-refractivity contribution in [2.75, 3.05) is 6.54 Å². The Balaban J connectivity index is 2.04. The standard InChI is InChI=1S/C13H27N/c1-10(2)5-6-11(3)12(4)9-14-13-7-8-13/h10-14H,5-9H2,1-4H3. The smallest absolute Gasteiger partial charge is 0.00683 e. The first-order valence-electron chi connectivity index (χ1n) is 6.33. The zero-order valence-corrected chi connectivity index (χ0v) is 10.3. The van der Waals surface area contributed by atoms with Crippen molar-refractivity contribution in [1.29, 1.82) is 0 Å². The second-order valence-corrected chi connectivity index (χ2v) is 5.61. The molecular weight excluding hydrogens is 170 g/mol. The van der Waals surface area contributed by atoms with E-state index in [2.05, 4.69) is 33.0 Å². The molecule has 0 spiro atoms. The van der Waals surface area contributed by atoms with Crippen molar-refractivity contribution in [2.45, 2.75) is 59.4 Å². The number of hydrogen-bond donors (Lipinski definition) is 1. The van der Waals surface area contributed by atoms with Gasteiger partial charge in [-0.2, -0.15) is 0 Å². The molecule has 0 heterocycles. The van der Waals surface area contributed by atoms with Crippen LogP contribution in [0.2, 0.25) is 0 Å². The molecular formula is C13H27N. The number of hydrogen-bond acceptors (Lipinski definition) is 1. The lowest BCUT2D eigenvalue weighted by atomic mass is 9.89. The predicted octanol–water partition coefficient (Wildman–Crippen LogP) is 3.45. The fourth-order valence-electron chi connectivity index (χ4n) is 1.72. The number of rotatable bonds is 7. The lowest BCUT2D eigenvalue weighted by Gasteiger charge is -2.21. The summed E-state index contributed by atoms with van der Waals surface area (Å²) < 4.78 is 0. The van der Waals surface area contributed by atoms with Crippen LogP contribution in [0, 0.1) is 17.8 Å². The molecule has 1 saturated carbocycles. The largest absolute Gasteiger partial charge is 0.314 e. The summed E-state index contributed by atoms with van der Waals surface area (Å²) in [7, 11) is 0. The van der Waals surface area contributed by atoms with Gasteiger partial charge >= 0.3 is 0 Å². The summed E-state index contributed by atoms with van der Waals surface area (Å²) in [6.07, 6.45) is 5.60. The van der Waals surface area contributed by atoms with E-state index < -0.39 is 0 Å². The van der Waals surface area contributed by atoms with Gasteiger partial charge in [-0.25, -0.2) is 0 Å². The van der Waals surface area contributed by atoms with Gasteiger partial charge < -0.3 is 5.32 Å². The van der Waals surface area contributed by atoms with Crippen LogP contribution in [0.15, 0.2) is 0 Å². The van der Waals surface area contributed by atoms with Gasteiger partial charge in [0, 0.05) is 6.04 Å². The van der Waals surface area contributed by atoms with Crippen molar-refractivity contribution in [2.24, 2.45) is 17.8 Å². The molecule has 1 aliphatic carbocycles. The molecule has 84 valence electrons. The molecule has 0 bridgehead atoms. The molecule has 0 saturated heterocycles. The minimum Gasteiger partial charge on any atom is -0.314 e. The van der Waals surface area contributed by atoms with Crippen LogP contribution < -0.4 is 5.32 Å². The van der Waals surface area contributed by atoms with E-state index in [1.54, 1.807) is 0 Å². The van der Waals surface area contributed by atoms with Gasteiger partial charge in [0.05, 0.1) is 0 Å². The normalized spacial score (nSPS) is 21.2. The van der Waals surface area contributed by atoms with E-state index in [4.69, 9.17) is 0 Å². The molecule has 14 heavy (non-hydrogen) atoms. The molecule has 0 aromatic heterocycles. The Morgan fingerprint density at radius 2 is 1.64 bits per heavy atom. The van der Waals surface area contributed by atoms with Crippen molar-refractivity contribution >= 4 is 0 Å². The molecule has 1 aliphatic rings. The Bertz CT molecular complexity index is 139. The molecule has 0 aromatic rings. The zero-order chi connectivity index (χ0) is 10.6. The topological polar surface area (TPSA) is 12.0 Å². The van der Waals surface area contributed by atoms with Gasteiger partial charge in [0.1, 0.15) is 0 Å².